The standard InChI is InChI=1S/C19H20ClFN2O3/c1-3-26-19(25)13-7-9-14(10-8-13)22-18(24)12-23(2)11-15-16(20)5-4-6-17(15)21/h4-10H,3,11-12H2,1-2H3,(H,22,24)/p+1. The molecule has 2 N–H and O–H groups in total. The third-order valence-electron chi connectivity index (χ3n) is 3.68. The third-order valence-corrected chi connectivity index (χ3v) is 4.04. The fraction of sp³-hybridized carbons (Fsp3) is 0.263. The smallest absolute Gasteiger partial charge is 0.338 e. The number of nitrogens with one attached hydrogen (secondary N) is 2. The zero-order valence-electron chi connectivity index (χ0n) is 14.6. The molecule has 2 rings (SSSR count). The van der Waals surface area contributed by atoms with Gasteiger partial charge in [0.1, 0.15) is 12.4 Å². The van der Waals surface area contributed by atoms with Crippen LogP contribution in [0.4, 0.5) is 10.1 Å². The largest absolute Gasteiger partial charge is 0.462 e. The van der Waals surface area contributed by atoms with Crippen molar-refractivity contribution in [1.29, 1.82) is 0 Å². The van der Waals surface area contributed by atoms with Crippen LogP contribution in [0.3, 0.4) is 0 Å². The van der Waals surface area contributed by atoms with E-state index in [1.165, 1.54) is 6.07 Å². The molecule has 1 atom stereocenters. The maximum absolute atomic E-state index is 13.8. The van der Waals surface area contributed by atoms with E-state index >= 15 is 0 Å². The zero-order valence-corrected chi connectivity index (χ0v) is 15.4. The molecule has 2 aromatic rings. The van der Waals surface area contributed by atoms with Gasteiger partial charge in [0, 0.05) is 5.69 Å². The Morgan fingerprint density at radius 1 is 1.19 bits per heavy atom. The van der Waals surface area contributed by atoms with Crippen LogP contribution >= 0.6 is 11.6 Å². The minimum atomic E-state index is -0.406. The Hall–Kier alpha value is -2.44. The summed E-state index contributed by atoms with van der Waals surface area (Å²) < 4.78 is 18.7. The molecule has 0 aromatic heterocycles. The highest BCUT2D eigenvalue weighted by Crippen LogP contribution is 2.17. The summed E-state index contributed by atoms with van der Waals surface area (Å²) in [6, 6.07) is 11.0. The van der Waals surface area contributed by atoms with Gasteiger partial charge in [-0.25, -0.2) is 9.18 Å². The SMILES string of the molecule is CCOC(=O)c1ccc(NC(=O)C[NH+](C)Cc2c(F)cccc2Cl)cc1. The maximum atomic E-state index is 13.8. The molecule has 0 aliphatic heterocycles. The second-order valence-electron chi connectivity index (χ2n) is 5.86. The van der Waals surface area contributed by atoms with Crippen LogP contribution in [0.15, 0.2) is 42.5 Å². The highest BCUT2D eigenvalue weighted by atomic mass is 35.5. The Kier molecular flexibility index (Phi) is 7.12. The number of hydrogen-bond acceptors (Lipinski definition) is 3. The van der Waals surface area contributed by atoms with Crippen LogP contribution in [-0.4, -0.2) is 32.1 Å². The Labute approximate surface area is 156 Å². The normalized spacial score (nSPS) is 11.7. The van der Waals surface area contributed by atoms with Crippen LogP contribution < -0.4 is 10.2 Å². The summed E-state index contributed by atoms with van der Waals surface area (Å²) in [5.74, 6) is -1.01. The van der Waals surface area contributed by atoms with Gasteiger partial charge in [-0.3, -0.25) is 4.79 Å². The summed E-state index contributed by atoms with van der Waals surface area (Å²) in [7, 11) is 1.78. The van der Waals surface area contributed by atoms with Crippen molar-refractivity contribution in [3.8, 4) is 0 Å². The van der Waals surface area contributed by atoms with Crippen LogP contribution in [0.1, 0.15) is 22.8 Å². The number of likely N-dealkylation sites (N-methyl/N-ethyl adjacent to an activating group) is 1. The van der Waals surface area contributed by atoms with Crippen LogP contribution in [0.2, 0.25) is 5.02 Å². The molecular formula is C19H21ClFN2O3+. The molecule has 0 aliphatic rings. The fourth-order valence-electron chi connectivity index (χ4n) is 2.45. The number of carbonyl (C=O) groups excluding carboxylic acids is 2. The molecule has 26 heavy (non-hydrogen) atoms. The quantitative estimate of drug-likeness (QED) is 0.726. The van der Waals surface area contributed by atoms with E-state index in [2.05, 4.69) is 5.32 Å². The van der Waals surface area contributed by atoms with Crippen LogP contribution in [0.5, 0.6) is 0 Å². The first-order chi connectivity index (χ1) is 12.4. The Balaban J connectivity index is 1.91. The van der Waals surface area contributed by atoms with Crippen molar-refractivity contribution in [2.24, 2.45) is 0 Å². The summed E-state index contributed by atoms with van der Waals surface area (Å²) in [6.45, 7) is 2.48. The monoisotopic (exact) mass is 379 g/mol. The summed E-state index contributed by atoms with van der Waals surface area (Å²) in [5, 5.41) is 3.09. The predicted octanol–water partition coefficient (Wildman–Crippen LogP) is 2.31. The Bertz CT molecular complexity index is 761. The molecule has 1 unspecified atom stereocenters. The van der Waals surface area contributed by atoms with Gasteiger partial charge in [0.15, 0.2) is 6.54 Å². The minimum absolute atomic E-state index is 0.143. The van der Waals surface area contributed by atoms with Crippen molar-refractivity contribution in [1.82, 2.24) is 0 Å². The first-order valence-corrected chi connectivity index (χ1v) is 8.59. The number of carbonyl (C=O) groups is 2. The Morgan fingerprint density at radius 3 is 2.50 bits per heavy atom. The lowest BCUT2D eigenvalue weighted by atomic mass is 10.2. The molecule has 0 radical (unpaired) electrons. The van der Waals surface area contributed by atoms with Crippen molar-refractivity contribution >= 4 is 29.2 Å². The van der Waals surface area contributed by atoms with Gasteiger partial charge in [-0.05, 0) is 43.3 Å². The first-order valence-electron chi connectivity index (χ1n) is 8.22. The average molecular weight is 380 g/mol. The number of rotatable bonds is 7. The molecular weight excluding hydrogens is 359 g/mol. The van der Waals surface area contributed by atoms with E-state index in [4.69, 9.17) is 16.3 Å². The number of anilines is 1. The highest BCUT2D eigenvalue weighted by molar-refractivity contribution is 6.31. The molecule has 0 aliphatic carbocycles. The molecule has 0 heterocycles. The van der Waals surface area contributed by atoms with Gasteiger partial charge in [-0.15, -0.1) is 0 Å². The Morgan fingerprint density at radius 2 is 1.88 bits per heavy atom. The van der Waals surface area contributed by atoms with Gasteiger partial charge in [0.05, 0.1) is 29.8 Å². The summed E-state index contributed by atoms with van der Waals surface area (Å²) in [5.41, 5.74) is 1.37. The molecule has 0 spiro atoms. The van der Waals surface area contributed by atoms with Crippen LogP contribution in [0.25, 0.3) is 0 Å². The number of amides is 1. The van der Waals surface area contributed by atoms with E-state index in [9.17, 15) is 14.0 Å². The van der Waals surface area contributed by atoms with Crippen molar-refractivity contribution in [2.75, 3.05) is 25.5 Å². The third kappa shape index (κ3) is 5.54. The predicted molar refractivity (Wildman–Crippen MR) is 97.9 cm³/mol. The van der Waals surface area contributed by atoms with Gasteiger partial charge in [0.2, 0.25) is 0 Å². The first kappa shape index (κ1) is 19.9. The molecule has 7 heteroatoms. The molecule has 138 valence electrons. The number of benzene rings is 2. The maximum Gasteiger partial charge on any atom is 0.338 e. The fourth-order valence-corrected chi connectivity index (χ4v) is 2.68. The molecule has 0 saturated heterocycles. The van der Waals surface area contributed by atoms with E-state index < -0.39 is 5.97 Å². The summed E-state index contributed by atoms with van der Waals surface area (Å²) >= 11 is 6.01. The lowest BCUT2D eigenvalue weighted by Gasteiger charge is -2.15. The van der Waals surface area contributed by atoms with Gasteiger partial charge < -0.3 is 15.0 Å². The van der Waals surface area contributed by atoms with Crippen molar-refractivity contribution in [3.63, 3.8) is 0 Å². The highest BCUT2D eigenvalue weighted by Gasteiger charge is 2.16. The molecule has 2 aromatic carbocycles. The number of ether oxygens (including phenoxy) is 1. The molecule has 0 saturated carbocycles. The van der Waals surface area contributed by atoms with Gasteiger partial charge in [-0.2, -0.15) is 0 Å². The van der Waals surface area contributed by atoms with E-state index in [0.29, 0.717) is 35.0 Å². The average Bonchev–Trinajstić information content (AvgIpc) is 2.59. The zero-order chi connectivity index (χ0) is 19.1. The summed E-state index contributed by atoms with van der Waals surface area (Å²) in [6.07, 6.45) is 0. The van der Waals surface area contributed by atoms with Gasteiger partial charge in [-0.1, -0.05) is 17.7 Å². The van der Waals surface area contributed by atoms with E-state index in [-0.39, 0.29) is 18.3 Å². The van der Waals surface area contributed by atoms with Crippen LogP contribution in [-0.2, 0) is 16.1 Å². The topological polar surface area (TPSA) is 59.8 Å². The van der Waals surface area contributed by atoms with E-state index in [0.717, 1.165) is 4.90 Å². The van der Waals surface area contributed by atoms with Crippen molar-refractivity contribution in [3.05, 3.63) is 64.4 Å². The number of quaternary nitrogens is 1. The van der Waals surface area contributed by atoms with Crippen molar-refractivity contribution in [2.45, 2.75) is 13.5 Å². The van der Waals surface area contributed by atoms with E-state index in [1.54, 1.807) is 50.4 Å². The van der Waals surface area contributed by atoms with E-state index in [1.807, 2.05) is 0 Å². The lowest BCUT2D eigenvalue weighted by molar-refractivity contribution is -0.885. The summed E-state index contributed by atoms with van der Waals surface area (Å²) in [4.78, 5) is 24.5. The van der Waals surface area contributed by atoms with Gasteiger partial charge in [0.25, 0.3) is 5.91 Å². The number of halogens is 2. The van der Waals surface area contributed by atoms with Gasteiger partial charge >= 0.3 is 5.97 Å². The second-order valence-corrected chi connectivity index (χ2v) is 6.26. The second kappa shape index (κ2) is 9.31. The molecule has 5 nitrogen and oxygen atoms in total. The van der Waals surface area contributed by atoms with Crippen LogP contribution in [0, 0.1) is 5.82 Å². The molecule has 1 amide bonds. The van der Waals surface area contributed by atoms with Crippen molar-refractivity contribution < 1.29 is 23.6 Å². The molecule has 0 fully saturated rings. The lowest BCUT2D eigenvalue weighted by Crippen LogP contribution is -3.08. The molecule has 0 bridgehead atoms. The number of esters is 1. The number of hydrogen-bond donors (Lipinski definition) is 2. The minimum Gasteiger partial charge on any atom is -0.462 e.